The molecule has 0 radical (unpaired) electrons. The molecular weight excluding hydrogens is 302 g/mol. The average molecular weight is 311 g/mol. The lowest BCUT2D eigenvalue weighted by atomic mass is 9.81. The largest absolute Gasteiger partial charge is 0.273 e. The molecule has 2 fully saturated rings. The number of carbonyl (C=O) groups is 2. The Hall–Kier alpha value is 0.1000. The summed E-state index contributed by atoms with van der Waals surface area (Å²) in [6, 6.07) is 0. The van der Waals surface area contributed by atoms with E-state index < -0.39 is 4.32 Å². The highest BCUT2D eigenvalue weighted by Crippen LogP contribution is 2.48. The molecule has 1 aliphatic carbocycles. The van der Waals surface area contributed by atoms with E-state index in [0.717, 1.165) is 29.6 Å². The van der Waals surface area contributed by atoms with Crippen LogP contribution >= 0.6 is 32.1 Å². The minimum atomic E-state index is -0.605. The highest BCUT2D eigenvalue weighted by molar-refractivity contribution is 9.10. The minimum absolute atomic E-state index is 0.0958. The number of nitrogens with zero attached hydrogens (tertiary/aromatic N) is 1. The number of fused-ring (bicyclic) bond motifs is 1. The molecule has 13 heavy (non-hydrogen) atoms. The Labute approximate surface area is 93.3 Å². The smallest absolute Gasteiger partial charge is 0.257 e. The molecule has 0 N–H and O–H groups in total. The van der Waals surface area contributed by atoms with Gasteiger partial charge in [-0.1, -0.05) is 28.8 Å². The number of alkyl halides is 1. The van der Waals surface area contributed by atoms with Gasteiger partial charge in [-0.25, -0.2) is 3.93 Å². The maximum atomic E-state index is 11.7. The molecule has 72 valence electrons. The van der Waals surface area contributed by atoms with Crippen LogP contribution in [0, 0.1) is 5.92 Å². The first-order valence-corrected chi connectivity index (χ1v) is 5.80. The topological polar surface area (TPSA) is 37.4 Å². The molecule has 0 aromatic heterocycles. The second kappa shape index (κ2) is 3.05. The van der Waals surface area contributed by atoms with E-state index in [1.54, 1.807) is 0 Å². The van der Waals surface area contributed by atoms with E-state index >= 15 is 0 Å². The number of hydrogen-bond acceptors (Lipinski definition) is 2. The van der Waals surface area contributed by atoms with Gasteiger partial charge in [-0.05, 0) is 12.8 Å². The van der Waals surface area contributed by atoms with E-state index in [1.807, 2.05) is 0 Å². The van der Waals surface area contributed by atoms with Crippen molar-refractivity contribution in [3.05, 3.63) is 0 Å². The Balaban J connectivity index is 2.38. The van der Waals surface area contributed by atoms with E-state index in [-0.39, 0.29) is 17.7 Å². The zero-order valence-electron chi connectivity index (χ0n) is 6.93. The van der Waals surface area contributed by atoms with Gasteiger partial charge in [0, 0.05) is 0 Å². The van der Waals surface area contributed by atoms with Crippen LogP contribution in [0.5, 0.6) is 0 Å². The van der Waals surface area contributed by atoms with E-state index in [0.29, 0.717) is 0 Å². The average Bonchev–Trinajstić information content (AvgIpc) is 2.29. The van der Waals surface area contributed by atoms with Gasteiger partial charge in [-0.2, -0.15) is 0 Å². The van der Waals surface area contributed by atoms with Gasteiger partial charge >= 0.3 is 0 Å². The normalized spacial score (nSPS) is 39.5. The quantitative estimate of drug-likeness (QED) is 0.390. The van der Waals surface area contributed by atoms with Crippen molar-refractivity contribution < 1.29 is 9.59 Å². The van der Waals surface area contributed by atoms with Gasteiger partial charge in [0.2, 0.25) is 5.91 Å². The fourth-order valence-electron chi connectivity index (χ4n) is 2.11. The molecule has 2 amide bonds. The van der Waals surface area contributed by atoms with Crippen molar-refractivity contribution in [2.45, 2.75) is 30.0 Å². The van der Waals surface area contributed by atoms with Gasteiger partial charge in [0.15, 0.2) is 0 Å². The second-order valence-electron chi connectivity index (χ2n) is 3.59. The van der Waals surface area contributed by atoms with Crippen LogP contribution in [0.4, 0.5) is 0 Å². The molecule has 2 atom stereocenters. The minimum Gasteiger partial charge on any atom is -0.273 e. The van der Waals surface area contributed by atoms with Crippen molar-refractivity contribution >= 4 is 43.9 Å². The predicted octanol–water partition coefficient (Wildman–Crippen LogP) is 1.99. The van der Waals surface area contributed by atoms with Gasteiger partial charge in [-0.3, -0.25) is 9.59 Å². The first-order valence-electron chi connectivity index (χ1n) is 4.30. The number of hydrogen-bond donors (Lipinski definition) is 0. The highest BCUT2D eigenvalue weighted by Gasteiger charge is 2.58. The lowest BCUT2D eigenvalue weighted by Crippen LogP contribution is -2.38. The fourth-order valence-corrected chi connectivity index (χ4v) is 3.79. The summed E-state index contributed by atoms with van der Waals surface area (Å²) in [6.45, 7) is 0. The van der Waals surface area contributed by atoms with Crippen LogP contribution in [-0.4, -0.2) is 20.1 Å². The monoisotopic (exact) mass is 309 g/mol. The summed E-state index contributed by atoms with van der Waals surface area (Å²) in [7, 11) is 0. The molecule has 3 nitrogen and oxygen atoms in total. The molecule has 0 aromatic rings. The molecule has 1 saturated carbocycles. The molecule has 1 saturated heterocycles. The molecule has 2 unspecified atom stereocenters. The lowest BCUT2D eigenvalue weighted by molar-refractivity contribution is -0.132. The molecular formula is C8H9Br2NO2. The van der Waals surface area contributed by atoms with E-state index in [1.165, 1.54) is 0 Å². The van der Waals surface area contributed by atoms with Crippen LogP contribution in [-0.2, 0) is 9.59 Å². The van der Waals surface area contributed by atoms with Crippen molar-refractivity contribution in [1.29, 1.82) is 0 Å². The van der Waals surface area contributed by atoms with Crippen LogP contribution < -0.4 is 0 Å². The molecule has 5 heteroatoms. The van der Waals surface area contributed by atoms with Crippen molar-refractivity contribution in [1.82, 2.24) is 3.93 Å². The Bertz CT molecular complexity index is 281. The van der Waals surface area contributed by atoms with E-state index in [2.05, 4.69) is 32.1 Å². The van der Waals surface area contributed by atoms with Crippen LogP contribution in [0.1, 0.15) is 25.7 Å². The molecule has 0 spiro atoms. The van der Waals surface area contributed by atoms with Crippen molar-refractivity contribution in [2.24, 2.45) is 5.92 Å². The molecule has 2 rings (SSSR count). The summed E-state index contributed by atoms with van der Waals surface area (Å²) in [5.41, 5.74) is 0. The summed E-state index contributed by atoms with van der Waals surface area (Å²) >= 11 is 6.43. The second-order valence-corrected chi connectivity index (χ2v) is 5.71. The molecule has 2 aliphatic rings. The van der Waals surface area contributed by atoms with Crippen LogP contribution in [0.25, 0.3) is 0 Å². The van der Waals surface area contributed by atoms with E-state index in [4.69, 9.17) is 0 Å². The molecule has 0 bridgehead atoms. The standard InChI is InChI=1S/C8H9Br2NO2/c9-8-4-2-1-3-5(8)6(12)11(10)7(8)13/h5H,1-4H2. The first kappa shape index (κ1) is 9.65. The summed E-state index contributed by atoms with van der Waals surface area (Å²) < 4.78 is 0.476. The summed E-state index contributed by atoms with van der Waals surface area (Å²) in [5, 5.41) is 0. The summed E-state index contributed by atoms with van der Waals surface area (Å²) in [4.78, 5) is 23.3. The highest BCUT2D eigenvalue weighted by atomic mass is 79.9. The van der Waals surface area contributed by atoms with Gasteiger partial charge < -0.3 is 0 Å². The molecule has 1 aliphatic heterocycles. The first-order chi connectivity index (χ1) is 6.07. The third-order valence-corrected chi connectivity index (χ3v) is 4.82. The Morgan fingerprint density at radius 2 is 2.08 bits per heavy atom. The number of amides is 2. The number of carbonyl (C=O) groups excluding carboxylic acids is 2. The van der Waals surface area contributed by atoms with Crippen molar-refractivity contribution in [2.75, 3.05) is 0 Å². The Morgan fingerprint density at radius 3 is 2.69 bits per heavy atom. The van der Waals surface area contributed by atoms with Crippen LogP contribution in [0.2, 0.25) is 0 Å². The van der Waals surface area contributed by atoms with Crippen LogP contribution in [0.3, 0.4) is 0 Å². The van der Waals surface area contributed by atoms with Crippen molar-refractivity contribution in [3.63, 3.8) is 0 Å². The molecule has 1 heterocycles. The SMILES string of the molecule is O=C1C2CCCCC2(Br)C(=O)N1Br. The zero-order valence-corrected chi connectivity index (χ0v) is 10.1. The van der Waals surface area contributed by atoms with Gasteiger partial charge in [0.25, 0.3) is 5.91 Å². The molecule has 0 aromatic carbocycles. The predicted molar refractivity (Wildman–Crippen MR) is 54.4 cm³/mol. The zero-order chi connectivity index (χ0) is 9.64. The van der Waals surface area contributed by atoms with Gasteiger partial charge in [-0.15, -0.1) is 0 Å². The third kappa shape index (κ3) is 1.20. The Kier molecular flexibility index (Phi) is 2.27. The maximum Gasteiger partial charge on any atom is 0.257 e. The summed E-state index contributed by atoms with van der Waals surface area (Å²) in [5.74, 6) is -0.392. The van der Waals surface area contributed by atoms with Gasteiger partial charge in [0.1, 0.15) is 4.32 Å². The Morgan fingerprint density at radius 1 is 1.38 bits per heavy atom. The maximum absolute atomic E-state index is 11.7. The van der Waals surface area contributed by atoms with E-state index in [9.17, 15) is 9.59 Å². The number of rotatable bonds is 0. The number of halogens is 2. The fraction of sp³-hybridized carbons (Fsp3) is 0.750. The summed E-state index contributed by atoms with van der Waals surface area (Å²) in [6.07, 6.45) is 3.64. The van der Waals surface area contributed by atoms with Gasteiger partial charge in [0.05, 0.1) is 22.1 Å². The third-order valence-electron chi connectivity index (χ3n) is 2.86. The lowest BCUT2D eigenvalue weighted by Gasteiger charge is -2.29. The number of imide groups is 1. The van der Waals surface area contributed by atoms with Crippen LogP contribution in [0.15, 0.2) is 0 Å². The van der Waals surface area contributed by atoms with Crippen molar-refractivity contribution in [3.8, 4) is 0 Å².